The maximum absolute atomic E-state index is 13.8. The molecule has 0 aliphatic carbocycles. The third-order valence-corrected chi connectivity index (χ3v) is 8.61. The predicted octanol–water partition coefficient (Wildman–Crippen LogP) is 6.40. The average Bonchev–Trinajstić information content (AvgIpc) is 3.03. The number of nitrogens with zero attached hydrogens (tertiary/aromatic N) is 4. The summed E-state index contributed by atoms with van der Waals surface area (Å²) in [5.41, 5.74) is 1.10. The summed E-state index contributed by atoms with van der Waals surface area (Å²) < 4.78 is 82.7. The van der Waals surface area contributed by atoms with E-state index in [4.69, 9.17) is 15.7 Å². The van der Waals surface area contributed by atoms with Gasteiger partial charge in [-0.15, -0.1) is 0 Å². The van der Waals surface area contributed by atoms with E-state index in [-0.39, 0.29) is 30.0 Å². The highest BCUT2D eigenvalue weighted by molar-refractivity contribution is 6.40. The van der Waals surface area contributed by atoms with E-state index in [0.717, 1.165) is 11.1 Å². The second-order valence-electron chi connectivity index (χ2n) is 12.5. The van der Waals surface area contributed by atoms with Gasteiger partial charge in [-0.25, -0.2) is 9.97 Å². The van der Waals surface area contributed by atoms with Crippen LogP contribution in [0.2, 0.25) is 0 Å². The highest BCUT2D eigenvalue weighted by Crippen LogP contribution is 2.37. The number of halogens is 6. The average molecular weight is 676 g/mol. The van der Waals surface area contributed by atoms with Crippen molar-refractivity contribution in [3.05, 3.63) is 94.8 Å². The van der Waals surface area contributed by atoms with E-state index in [2.05, 4.69) is 9.97 Å². The lowest BCUT2D eigenvalue weighted by Crippen LogP contribution is -2.36. The number of piperidine rings is 1. The lowest BCUT2D eigenvalue weighted by atomic mass is 9.78. The molecular weight excluding hydrogens is 644 g/mol. The smallest absolute Gasteiger partial charge is 0.416 e. The molecule has 0 amide bonds. The Bertz CT molecular complexity index is 1780. The van der Waals surface area contributed by atoms with Gasteiger partial charge >= 0.3 is 18.3 Å². The topological polar surface area (TPSA) is 69.6 Å². The molecule has 0 bridgehead atoms. The van der Waals surface area contributed by atoms with Gasteiger partial charge in [0.1, 0.15) is 15.7 Å². The Balaban J connectivity index is 1.58. The number of hydrogen-bond donors (Lipinski definition) is 1. The molecule has 49 heavy (non-hydrogen) atoms. The van der Waals surface area contributed by atoms with Crippen molar-refractivity contribution in [3.63, 3.8) is 0 Å². The van der Waals surface area contributed by atoms with E-state index in [1.165, 1.54) is 17.3 Å². The summed E-state index contributed by atoms with van der Waals surface area (Å²) in [7, 11) is 12.7. The van der Waals surface area contributed by atoms with Crippen molar-refractivity contribution in [2.24, 2.45) is 5.92 Å². The minimum Gasteiger partial charge on any atom is -0.481 e. The van der Waals surface area contributed by atoms with Crippen molar-refractivity contribution < 1.29 is 36.2 Å². The van der Waals surface area contributed by atoms with Gasteiger partial charge in [0.15, 0.2) is 0 Å². The van der Waals surface area contributed by atoms with E-state index >= 15 is 0 Å². The molecule has 1 N–H and O–H groups in total. The van der Waals surface area contributed by atoms with Crippen LogP contribution in [0, 0.1) is 5.92 Å². The quantitative estimate of drug-likeness (QED) is 0.164. The Morgan fingerprint density at radius 2 is 1.53 bits per heavy atom. The number of aliphatic carboxylic acids is 1. The third kappa shape index (κ3) is 8.58. The molecule has 252 valence electrons. The van der Waals surface area contributed by atoms with Gasteiger partial charge in [-0.3, -0.25) is 4.79 Å². The summed E-state index contributed by atoms with van der Waals surface area (Å²) >= 11 is 0. The number of anilines is 2. The van der Waals surface area contributed by atoms with Gasteiger partial charge in [0.05, 0.1) is 35.1 Å². The number of hydrogen-bond acceptors (Lipinski definition) is 5. The first-order chi connectivity index (χ1) is 23.0. The number of rotatable bonds is 9. The summed E-state index contributed by atoms with van der Waals surface area (Å²) in [4.78, 5) is 23.7. The van der Waals surface area contributed by atoms with Crippen LogP contribution in [0.1, 0.15) is 60.4 Å². The summed E-state index contributed by atoms with van der Waals surface area (Å²) in [5, 5.41) is 9.33. The maximum Gasteiger partial charge on any atom is 0.416 e. The molecule has 3 aromatic carbocycles. The normalized spacial score (nSPS) is 14.3. The lowest BCUT2D eigenvalue weighted by molar-refractivity contribution is -0.144. The molecule has 0 atom stereocenters. The van der Waals surface area contributed by atoms with Crippen LogP contribution < -0.4 is 20.7 Å². The summed E-state index contributed by atoms with van der Waals surface area (Å²) in [6, 6.07) is 12.4. The van der Waals surface area contributed by atoms with E-state index in [9.17, 15) is 36.2 Å². The maximum atomic E-state index is 13.8. The Labute approximate surface area is 283 Å². The fourth-order valence-corrected chi connectivity index (χ4v) is 6.04. The van der Waals surface area contributed by atoms with Crippen molar-refractivity contribution in [1.29, 1.82) is 0 Å². The van der Waals surface area contributed by atoms with Crippen LogP contribution in [0.25, 0.3) is 11.1 Å². The molecule has 2 heterocycles. The number of carboxylic acid groups (broad SMARTS) is 1. The van der Waals surface area contributed by atoms with Crippen LogP contribution in [-0.4, -0.2) is 49.8 Å². The second-order valence-corrected chi connectivity index (χ2v) is 12.5. The Kier molecular flexibility index (Phi) is 10.4. The molecule has 6 nitrogen and oxygen atoms in total. The molecular formula is C35H32B2F6N4O2. The van der Waals surface area contributed by atoms with Gasteiger partial charge in [0.2, 0.25) is 5.95 Å². The van der Waals surface area contributed by atoms with Gasteiger partial charge in [-0.2, -0.15) is 26.3 Å². The van der Waals surface area contributed by atoms with Gasteiger partial charge in [-0.1, -0.05) is 61.2 Å². The van der Waals surface area contributed by atoms with Crippen molar-refractivity contribution in [2.45, 2.75) is 58.0 Å². The number of carboxylic acids is 1. The van der Waals surface area contributed by atoms with E-state index in [1.807, 2.05) is 43.0 Å². The van der Waals surface area contributed by atoms with Crippen LogP contribution in [0.4, 0.5) is 38.0 Å². The summed E-state index contributed by atoms with van der Waals surface area (Å²) in [5.74, 6) is -1.08. The largest absolute Gasteiger partial charge is 0.481 e. The van der Waals surface area contributed by atoms with Crippen LogP contribution in [0.15, 0.2) is 67.0 Å². The van der Waals surface area contributed by atoms with E-state index in [1.54, 1.807) is 12.1 Å². The fourth-order valence-electron chi connectivity index (χ4n) is 6.04. The summed E-state index contributed by atoms with van der Waals surface area (Å²) in [6.45, 7) is 4.49. The molecule has 1 aliphatic heterocycles. The van der Waals surface area contributed by atoms with Crippen molar-refractivity contribution in [1.82, 2.24) is 9.97 Å². The lowest BCUT2D eigenvalue weighted by Gasteiger charge is -2.32. The van der Waals surface area contributed by atoms with E-state index < -0.39 is 41.9 Å². The predicted molar refractivity (Wildman–Crippen MR) is 178 cm³/mol. The number of carbonyl (C=O) groups is 1. The van der Waals surface area contributed by atoms with Crippen molar-refractivity contribution >= 4 is 44.2 Å². The molecule has 1 aromatic heterocycles. The fraction of sp³-hybridized carbons (Fsp3) is 0.343. The highest BCUT2D eigenvalue weighted by Gasteiger charge is 2.37. The molecule has 1 aliphatic rings. The number of aromatic nitrogens is 2. The van der Waals surface area contributed by atoms with Gasteiger partial charge in [-0.05, 0) is 64.8 Å². The first-order valence-corrected chi connectivity index (χ1v) is 15.6. The molecule has 1 saturated heterocycles. The minimum absolute atomic E-state index is 0.0398. The highest BCUT2D eigenvalue weighted by atomic mass is 19.4. The van der Waals surface area contributed by atoms with Crippen LogP contribution in [0.3, 0.4) is 0 Å². The molecule has 4 radical (unpaired) electrons. The van der Waals surface area contributed by atoms with Crippen molar-refractivity contribution in [2.75, 3.05) is 22.9 Å². The van der Waals surface area contributed by atoms with Crippen molar-refractivity contribution in [3.8, 4) is 11.1 Å². The molecule has 0 saturated carbocycles. The summed E-state index contributed by atoms with van der Waals surface area (Å²) in [6.07, 6.45) is -6.18. The Hall–Kier alpha value is -4.48. The first-order valence-electron chi connectivity index (χ1n) is 15.6. The standard InChI is InChI=1S/C35H32B2F6N4O2/c1-20(2)23-4-3-5-24(12-23)31-25(13-28(36)15-30(31)37)19-47(18-21-10-26(34(38,39)40)14-27(11-21)35(41,42)43)33-44-16-29(17-45-33)46-8-6-22(7-9-46)32(48)49/h3-5,10-17,20,22H,6-9,18-19H2,1-2H3,(H,48,49). The first kappa shape index (κ1) is 35.8. The van der Waals surface area contributed by atoms with Gasteiger partial charge < -0.3 is 14.9 Å². The molecule has 1 fully saturated rings. The number of alkyl halides is 6. The number of benzene rings is 3. The zero-order valence-corrected chi connectivity index (χ0v) is 26.8. The van der Waals surface area contributed by atoms with Crippen LogP contribution in [0.5, 0.6) is 0 Å². The van der Waals surface area contributed by atoms with E-state index in [0.29, 0.717) is 65.8 Å². The third-order valence-electron chi connectivity index (χ3n) is 8.61. The molecule has 0 spiro atoms. The molecule has 0 unspecified atom stereocenters. The van der Waals surface area contributed by atoms with Gasteiger partial charge in [0.25, 0.3) is 0 Å². The Morgan fingerprint density at radius 1 is 0.918 bits per heavy atom. The zero-order valence-electron chi connectivity index (χ0n) is 26.8. The van der Waals surface area contributed by atoms with Crippen LogP contribution >= 0.6 is 0 Å². The Morgan fingerprint density at radius 3 is 2.08 bits per heavy atom. The minimum atomic E-state index is -5.02. The molecule has 14 heteroatoms. The molecule has 4 aromatic rings. The van der Waals surface area contributed by atoms with Gasteiger partial charge in [0, 0.05) is 26.2 Å². The SMILES string of the molecule is [B]c1cc([B])c(-c2cccc(C(C)C)c2)c(CN(Cc2cc(C(F)(F)F)cc(C(F)(F)F)c2)c2ncc(N3CCC(C(=O)O)CC3)cn2)c1. The monoisotopic (exact) mass is 676 g/mol. The zero-order chi connectivity index (χ0) is 35.7. The molecule has 5 rings (SSSR count). The second kappa shape index (κ2) is 14.2. The van der Waals surface area contributed by atoms with Crippen LogP contribution in [-0.2, 0) is 30.2 Å².